The van der Waals surface area contributed by atoms with Gasteiger partial charge in [-0.25, -0.2) is 4.39 Å². The maximum atomic E-state index is 13.7. The Kier molecular flexibility index (Phi) is 3.03. The molecule has 2 N–H and O–H groups in total. The summed E-state index contributed by atoms with van der Waals surface area (Å²) in [5, 5.41) is 0. The number of benzene rings is 1. The molecule has 0 saturated carbocycles. The number of halogens is 1. The van der Waals surface area contributed by atoms with Crippen LogP contribution in [0.1, 0.15) is 20.3 Å². The fourth-order valence-electron chi connectivity index (χ4n) is 2.33. The molecule has 16 heavy (non-hydrogen) atoms. The molecule has 0 radical (unpaired) electrons. The monoisotopic (exact) mass is 222 g/mol. The summed E-state index contributed by atoms with van der Waals surface area (Å²) in [5.74, 6) is 1.14. The van der Waals surface area contributed by atoms with Gasteiger partial charge in [-0.2, -0.15) is 0 Å². The van der Waals surface area contributed by atoms with Gasteiger partial charge in [0.1, 0.15) is 5.82 Å². The van der Waals surface area contributed by atoms with Crippen LogP contribution in [0.3, 0.4) is 0 Å². The summed E-state index contributed by atoms with van der Waals surface area (Å²) in [5.41, 5.74) is 6.72. The van der Waals surface area contributed by atoms with Crippen LogP contribution < -0.4 is 10.6 Å². The molecule has 1 atom stereocenters. The highest BCUT2D eigenvalue weighted by Crippen LogP contribution is 2.30. The first-order valence-corrected chi connectivity index (χ1v) is 5.88. The molecule has 1 aromatic rings. The first-order chi connectivity index (χ1) is 7.58. The van der Waals surface area contributed by atoms with E-state index in [-0.39, 0.29) is 5.82 Å². The van der Waals surface area contributed by atoms with Crippen molar-refractivity contribution in [2.45, 2.75) is 20.3 Å². The Labute approximate surface area is 96.2 Å². The number of hydrogen-bond acceptors (Lipinski definition) is 2. The van der Waals surface area contributed by atoms with Crippen molar-refractivity contribution < 1.29 is 4.39 Å². The van der Waals surface area contributed by atoms with Crippen LogP contribution >= 0.6 is 0 Å². The lowest BCUT2D eigenvalue weighted by Crippen LogP contribution is -2.22. The van der Waals surface area contributed by atoms with E-state index >= 15 is 0 Å². The Morgan fingerprint density at radius 3 is 2.75 bits per heavy atom. The normalized spacial score (nSPS) is 20.8. The molecule has 3 heteroatoms. The average Bonchev–Trinajstić information content (AvgIpc) is 2.66. The summed E-state index contributed by atoms with van der Waals surface area (Å²) in [6, 6.07) is 4.95. The van der Waals surface area contributed by atoms with E-state index in [0.717, 1.165) is 19.5 Å². The van der Waals surface area contributed by atoms with Crippen molar-refractivity contribution in [3.05, 3.63) is 24.0 Å². The number of nitrogens with two attached hydrogens (primary N) is 1. The number of hydrogen-bond donors (Lipinski definition) is 1. The van der Waals surface area contributed by atoms with Gasteiger partial charge in [-0.3, -0.25) is 0 Å². The molecule has 2 nitrogen and oxygen atoms in total. The first kappa shape index (κ1) is 11.2. The van der Waals surface area contributed by atoms with Gasteiger partial charge in [-0.1, -0.05) is 13.8 Å². The fraction of sp³-hybridized carbons (Fsp3) is 0.538. The van der Waals surface area contributed by atoms with E-state index in [1.54, 1.807) is 12.1 Å². The van der Waals surface area contributed by atoms with Crippen molar-refractivity contribution in [2.75, 3.05) is 23.7 Å². The van der Waals surface area contributed by atoms with Gasteiger partial charge in [0.05, 0.1) is 5.69 Å². The second-order valence-electron chi connectivity index (χ2n) is 4.95. The Morgan fingerprint density at radius 2 is 2.19 bits per heavy atom. The quantitative estimate of drug-likeness (QED) is 0.780. The van der Waals surface area contributed by atoms with E-state index in [1.165, 1.54) is 6.07 Å². The third-order valence-corrected chi connectivity index (χ3v) is 3.48. The predicted octanol–water partition coefficient (Wildman–Crippen LogP) is 2.89. The van der Waals surface area contributed by atoms with Crippen LogP contribution in [0.5, 0.6) is 0 Å². The van der Waals surface area contributed by atoms with Crippen LogP contribution in [0, 0.1) is 17.7 Å². The van der Waals surface area contributed by atoms with Gasteiger partial charge in [0, 0.05) is 18.8 Å². The van der Waals surface area contributed by atoms with Crippen molar-refractivity contribution in [2.24, 2.45) is 11.8 Å². The number of nitrogens with zero attached hydrogens (tertiary/aromatic N) is 1. The lowest BCUT2D eigenvalue weighted by Gasteiger charge is -2.20. The van der Waals surface area contributed by atoms with Crippen molar-refractivity contribution in [3.8, 4) is 0 Å². The van der Waals surface area contributed by atoms with Crippen molar-refractivity contribution in [1.29, 1.82) is 0 Å². The predicted molar refractivity (Wildman–Crippen MR) is 66.0 cm³/mol. The van der Waals surface area contributed by atoms with Crippen LogP contribution in [0.2, 0.25) is 0 Å². The van der Waals surface area contributed by atoms with Gasteiger partial charge in [0.15, 0.2) is 0 Å². The van der Waals surface area contributed by atoms with Crippen LogP contribution in [-0.4, -0.2) is 13.1 Å². The summed E-state index contributed by atoms with van der Waals surface area (Å²) in [4.78, 5) is 2.12. The van der Waals surface area contributed by atoms with Crippen LogP contribution in [0.15, 0.2) is 18.2 Å². The fourth-order valence-corrected chi connectivity index (χ4v) is 2.33. The topological polar surface area (TPSA) is 29.3 Å². The summed E-state index contributed by atoms with van der Waals surface area (Å²) in [6.07, 6.45) is 1.15. The van der Waals surface area contributed by atoms with Gasteiger partial charge in [-0.15, -0.1) is 0 Å². The SMILES string of the molecule is CC(C)C1CCN(c2ccc(N)cc2F)C1. The van der Waals surface area contributed by atoms with E-state index in [1.807, 2.05) is 0 Å². The van der Waals surface area contributed by atoms with Crippen molar-refractivity contribution in [1.82, 2.24) is 0 Å². The van der Waals surface area contributed by atoms with E-state index in [4.69, 9.17) is 5.73 Å². The first-order valence-electron chi connectivity index (χ1n) is 5.88. The standard InChI is InChI=1S/C13H19FN2/c1-9(2)10-5-6-16(8-10)13-4-3-11(15)7-12(13)14/h3-4,7,9-10H,5-6,8,15H2,1-2H3. The zero-order chi connectivity index (χ0) is 11.7. The number of rotatable bonds is 2. The van der Waals surface area contributed by atoms with Gasteiger partial charge in [-0.05, 0) is 36.5 Å². The second kappa shape index (κ2) is 4.32. The van der Waals surface area contributed by atoms with Gasteiger partial charge < -0.3 is 10.6 Å². The summed E-state index contributed by atoms with van der Waals surface area (Å²) in [6.45, 7) is 6.36. The average molecular weight is 222 g/mol. The Morgan fingerprint density at radius 1 is 1.44 bits per heavy atom. The van der Waals surface area contributed by atoms with Crippen LogP contribution in [-0.2, 0) is 0 Å². The maximum Gasteiger partial charge on any atom is 0.148 e. The molecule has 2 rings (SSSR count). The molecule has 0 amide bonds. The van der Waals surface area contributed by atoms with E-state index in [0.29, 0.717) is 23.2 Å². The summed E-state index contributed by atoms with van der Waals surface area (Å²) >= 11 is 0. The molecule has 1 aliphatic rings. The number of nitrogen functional groups attached to an aromatic ring is 1. The minimum absolute atomic E-state index is 0.204. The molecular formula is C13H19FN2. The molecule has 0 bridgehead atoms. The highest BCUT2D eigenvalue weighted by atomic mass is 19.1. The van der Waals surface area contributed by atoms with E-state index in [9.17, 15) is 4.39 Å². The van der Waals surface area contributed by atoms with Gasteiger partial charge in [0.25, 0.3) is 0 Å². The number of anilines is 2. The zero-order valence-electron chi connectivity index (χ0n) is 9.91. The molecule has 0 spiro atoms. The van der Waals surface area contributed by atoms with Gasteiger partial charge >= 0.3 is 0 Å². The highest BCUT2D eigenvalue weighted by molar-refractivity contribution is 5.55. The van der Waals surface area contributed by atoms with Crippen LogP contribution in [0.4, 0.5) is 15.8 Å². The smallest absolute Gasteiger partial charge is 0.148 e. The highest BCUT2D eigenvalue weighted by Gasteiger charge is 2.26. The lowest BCUT2D eigenvalue weighted by molar-refractivity contribution is 0.422. The molecule has 1 aromatic carbocycles. The third-order valence-electron chi connectivity index (χ3n) is 3.48. The molecule has 1 heterocycles. The van der Waals surface area contributed by atoms with Crippen molar-refractivity contribution in [3.63, 3.8) is 0 Å². The summed E-state index contributed by atoms with van der Waals surface area (Å²) in [7, 11) is 0. The molecule has 1 saturated heterocycles. The molecule has 1 fully saturated rings. The second-order valence-corrected chi connectivity index (χ2v) is 4.95. The van der Waals surface area contributed by atoms with Gasteiger partial charge in [0.2, 0.25) is 0 Å². The molecule has 1 unspecified atom stereocenters. The zero-order valence-corrected chi connectivity index (χ0v) is 9.91. The third kappa shape index (κ3) is 2.13. The van der Waals surface area contributed by atoms with E-state index in [2.05, 4.69) is 18.7 Å². The maximum absolute atomic E-state index is 13.7. The van der Waals surface area contributed by atoms with Crippen LogP contribution in [0.25, 0.3) is 0 Å². The van der Waals surface area contributed by atoms with Crippen molar-refractivity contribution >= 4 is 11.4 Å². The minimum atomic E-state index is -0.204. The summed E-state index contributed by atoms with van der Waals surface area (Å²) < 4.78 is 13.7. The molecule has 0 aromatic heterocycles. The largest absolute Gasteiger partial charge is 0.399 e. The Hall–Kier alpha value is -1.25. The molecule has 88 valence electrons. The minimum Gasteiger partial charge on any atom is -0.399 e. The van der Waals surface area contributed by atoms with E-state index < -0.39 is 0 Å². The molecule has 0 aliphatic carbocycles. The Balaban J connectivity index is 2.14. The lowest BCUT2D eigenvalue weighted by atomic mass is 9.95. The molecular weight excluding hydrogens is 203 g/mol. The Bertz CT molecular complexity index is 376. The molecule has 1 aliphatic heterocycles.